The van der Waals surface area contributed by atoms with Gasteiger partial charge >= 0.3 is 0 Å². The normalized spacial score (nSPS) is 17.2. The minimum atomic E-state index is 0.0993. The highest BCUT2D eigenvalue weighted by Gasteiger charge is 2.28. The molecule has 0 unspecified atom stereocenters. The van der Waals surface area contributed by atoms with Crippen LogP contribution in [0.25, 0.3) is 0 Å². The Kier molecular flexibility index (Phi) is 3.65. The summed E-state index contributed by atoms with van der Waals surface area (Å²) >= 11 is 0. The molecule has 3 heteroatoms. The Morgan fingerprint density at radius 1 is 1.00 bits per heavy atom. The van der Waals surface area contributed by atoms with Gasteiger partial charge in [-0.15, -0.1) is 0 Å². The number of methoxy groups -OCH3 is 2. The van der Waals surface area contributed by atoms with Crippen molar-refractivity contribution in [2.24, 2.45) is 0 Å². The fourth-order valence-electron chi connectivity index (χ4n) is 3.02. The highest BCUT2D eigenvalue weighted by molar-refractivity contribution is 5.85. The van der Waals surface area contributed by atoms with Gasteiger partial charge in [-0.2, -0.15) is 0 Å². The Bertz CT molecular complexity index is 662. The largest absolute Gasteiger partial charge is 0.493 e. The van der Waals surface area contributed by atoms with Gasteiger partial charge in [-0.3, -0.25) is 4.79 Å². The van der Waals surface area contributed by atoms with Crippen LogP contribution in [0.3, 0.4) is 0 Å². The van der Waals surface area contributed by atoms with E-state index in [1.165, 1.54) is 11.1 Å². The number of Topliss-reactive ketones (excluding diaryl/α,β-unsaturated/α-hetero) is 1. The molecule has 0 N–H and O–H groups in total. The smallest absolute Gasteiger partial charge is 0.161 e. The molecule has 2 aromatic carbocycles. The average molecular weight is 282 g/mol. The minimum Gasteiger partial charge on any atom is -0.493 e. The summed E-state index contributed by atoms with van der Waals surface area (Å²) in [6.07, 6.45) is 1.02. The van der Waals surface area contributed by atoms with Gasteiger partial charge in [0.05, 0.1) is 14.2 Å². The van der Waals surface area contributed by atoms with Gasteiger partial charge < -0.3 is 9.47 Å². The second-order valence-electron chi connectivity index (χ2n) is 5.29. The van der Waals surface area contributed by atoms with Gasteiger partial charge in [-0.05, 0) is 28.8 Å². The van der Waals surface area contributed by atoms with Crippen molar-refractivity contribution >= 4 is 5.78 Å². The van der Waals surface area contributed by atoms with Crippen LogP contribution in [0.4, 0.5) is 0 Å². The Morgan fingerprint density at radius 2 is 1.67 bits per heavy atom. The molecule has 0 aliphatic heterocycles. The van der Waals surface area contributed by atoms with Gasteiger partial charge in [0.2, 0.25) is 0 Å². The first-order valence-electron chi connectivity index (χ1n) is 7.04. The van der Waals surface area contributed by atoms with E-state index < -0.39 is 0 Å². The molecule has 2 aromatic rings. The summed E-state index contributed by atoms with van der Waals surface area (Å²) in [5.41, 5.74) is 3.37. The quantitative estimate of drug-likeness (QED) is 0.866. The van der Waals surface area contributed by atoms with Crippen LogP contribution in [0.2, 0.25) is 0 Å². The molecule has 3 nitrogen and oxygen atoms in total. The molecule has 0 spiro atoms. The van der Waals surface area contributed by atoms with Crippen molar-refractivity contribution in [1.82, 2.24) is 0 Å². The molecule has 1 aliphatic rings. The third kappa shape index (κ3) is 2.51. The summed E-state index contributed by atoms with van der Waals surface area (Å²) in [4.78, 5) is 12.1. The Morgan fingerprint density at radius 3 is 2.33 bits per heavy atom. The third-order valence-electron chi connectivity index (χ3n) is 4.04. The zero-order chi connectivity index (χ0) is 14.8. The Balaban J connectivity index is 2.13. The molecule has 0 bridgehead atoms. The first-order valence-corrected chi connectivity index (χ1v) is 7.04. The Hall–Kier alpha value is -2.29. The number of hydrogen-bond acceptors (Lipinski definition) is 3. The molecule has 3 rings (SSSR count). The van der Waals surface area contributed by atoms with Crippen molar-refractivity contribution in [3.63, 3.8) is 0 Å². The van der Waals surface area contributed by atoms with Crippen molar-refractivity contribution in [2.45, 2.75) is 18.8 Å². The monoisotopic (exact) mass is 282 g/mol. The van der Waals surface area contributed by atoms with Gasteiger partial charge in [0.25, 0.3) is 0 Å². The fourth-order valence-corrected chi connectivity index (χ4v) is 3.02. The first-order chi connectivity index (χ1) is 10.2. The lowest BCUT2D eigenvalue weighted by molar-refractivity contribution is -0.119. The van der Waals surface area contributed by atoms with Crippen molar-refractivity contribution < 1.29 is 14.3 Å². The van der Waals surface area contributed by atoms with Crippen molar-refractivity contribution in [3.05, 3.63) is 59.2 Å². The van der Waals surface area contributed by atoms with Crippen LogP contribution in [0, 0.1) is 0 Å². The van der Waals surface area contributed by atoms with E-state index >= 15 is 0 Å². The first kappa shape index (κ1) is 13.7. The predicted molar refractivity (Wildman–Crippen MR) is 81.2 cm³/mol. The van der Waals surface area contributed by atoms with Gasteiger partial charge in [-0.1, -0.05) is 30.3 Å². The summed E-state index contributed by atoms with van der Waals surface area (Å²) < 4.78 is 10.7. The van der Waals surface area contributed by atoms with E-state index in [4.69, 9.17) is 9.47 Å². The molecular weight excluding hydrogens is 264 g/mol. The highest BCUT2D eigenvalue weighted by atomic mass is 16.5. The standard InChI is InChI=1S/C18H18O3/c1-20-17-9-13-8-14(19)10-15(12-6-4-3-5-7-12)16(13)11-18(17)21-2/h3-7,9,11,15H,8,10H2,1-2H3/t15-/m1/s1. The number of carbonyl (C=O) groups excluding carboxylic acids is 1. The molecule has 1 aliphatic carbocycles. The summed E-state index contributed by atoms with van der Waals surface area (Å²) in [5, 5.41) is 0. The average Bonchev–Trinajstić information content (AvgIpc) is 2.53. The molecule has 0 radical (unpaired) electrons. The molecule has 108 valence electrons. The maximum atomic E-state index is 12.1. The Labute approximate surface area is 124 Å². The number of benzene rings is 2. The van der Waals surface area contributed by atoms with Crippen LogP contribution in [-0.2, 0) is 11.2 Å². The lowest BCUT2D eigenvalue weighted by atomic mass is 9.78. The van der Waals surface area contributed by atoms with Gasteiger partial charge in [-0.25, -0.2) is 0 Å². The summed E-state index contributed by atoms with van der Waals surface area (Å²) in [7, 11) is 3.25. The molecular formula is C18H18O3. The molecule has 0 saturated carbocycles. The zero-order valence-corrected chi connectivity index (χ0v) is 12.3. The molecule has 0 saturated heterocycles. The van der Waals surface area contributed by atoms with Gasteiger partial charge in [0.1, 0.15) is 5.78 Å². The van der Waals surface area contributed by atoms with Crippen LogP contribution in [0.1, 0.15) is 29.0 Å². The number of rotatable bonds is 3. The van der Waals surface area contributed by atoms with Crippen LogP contribution < -0.4 is 9.47 Å². The molecule has 1 atom stereocenters. The van der Waals surface area contributed by atoms with E-state index in [1.54, 1.807) is 14.2 Å². The van der Waals surface area contributed by atoms with Crippen molar-refractivity contribution in [3.8, 4) is 11.5 Å². The fraction of sp³-hybridized carbons (Fsp3) is 0.278. The van der Waals surface area contributed by atoms with E-state index in [0.717, 1.165) is 5.56 Å². The second-order valence-corrected chi connectivity index (χ2v) is 5.29. The third-order valence-corrected chi connectivity index (χ3v) is 4.04. The van der Waals surface area contributed by atoms with Crippen molar-refractivity contribution in [2.75, 3.05) is 14.2 Å². The van der Waals surface area contributed by atoms with Crippen LogP contribution in [0.5, 0.6) is 11.5 Å². The van der Waals surface area contributed by atoms with Gasteiger partial charge in [0, 0.05) is 18.8 Å². The van der Waals surface area contributed by atoms with Crippen molar-refractivity contribution in [1.29, 1.82) is 0 Å². The van der Waals surface area contributed by atoms with Crippen LogP contribution >= 0.6 is 0 Å². The molecule has 0 aromatic heterocycles. The van der Waals surface area contributed by atoms with E-state index in [0.29, 0.717) is 24.3 Å². The summed E-state index contributed by atoms with van der Waals surface area (Å²) in [6, 6.07) is 14.1. The lowest BCUT2D eigenvalue weighted by Gasteiger charge is -2.26. The van der Waals surface area contributed by atoms with E-state index in [1.807, 2.05) is 30.3 Å². The maximum Gasteiger partial charge on any atom is 0.161 e. The predicted octanol–water partition coefficient (Wildman–Crippen LogP) is 3.35. The number of ketones is 1. The minimum absolute atomic E-state index is 0.0993. The molecule has 0 heterocycles. The summed E-state index contributed by atoms with van der Waals surface area (Å²) in [6.45, 7) is 0. The number of hydrogen-bond donors (Lipinski definition) is 0. The number of carbonyl (C=O) groups is 1. The maximum absolute atomic E-state index is 12.1. The molecule has 0 fully saturated rings. The number of fused-ring (bicyclic) bond motifs is 1. The van der Waals surface area contributed by atoms with E-state index in [9.17, 15) is 4.79 Å². The highest BCUT2D eigenvalue weighted by Crippen LogP contribution is 2.40. The SMILES string of the molecule is COc1cc2c(cc1OC)[C@@H](c1ccccc1)CC(=O)C2. The van der Waals surface area contributed by atoms with E-state index in [2.05, 4.69) is 12.1 Å². The lowest BCUT2D eigenvalue weighted by Crippen LogP contribution is -2.19. The zero-order valence-electron chi connectivity index (χ0n) is 12.3. The van der Waals surface area contributed by atoms with Crippen LogP contribution in [-0.4, -0.2) is 20.0 Å². The summed E-state index contributed by atoms with van der Waals surface area (Å²) in [5.74, 6) is 1.76. The second kappa shape index (κ2) is 5.60. The van der Waals surface area contributed by atoms with Gasteiger partial charge in [0.15, 0.2) is 11.5 Å². The van der Waals surface area contributed by atoms with E-state index in [-0.39, 0.29) is 11.7 Å². The van der Waals surface area contributed by atoms with Crippen LogP contribution in [0.15, 0.2) is 42.5 Å². The number of ether oxygens (including phenoxy) is 2. The molecule has 0 amide bonds. The topological polar surface area (TPSA) is 35.5 Å². The molecule has 21 heavy (non-hydrogen) atoms.